The van der Waals surface area contributed by atoms with Crippen LogP contribution in [0.5, 0.6) is 0 Å². The zero-order chi connectivity index (χ0) is 17.2. The van der Waals surface area contributed by atoms with E-state index in [1.807, 2.05) is 44.2 Å². The maximum absolute atomic E-state index is 12.0. The van der Waals surface area contributed by atoms with E-state index in [1.165, 1.54) is 13.2 Å². The third-order valence-corrected chi connectivity index (χ3v) is 3.67. The standard InChI is InChI=1S/C19H24O4/c1-14(2)18(19(22)23-3)13-17(21)12-11-16(20)10-9-15-7-5-4-6-8-15/h4-10,14,18H,11-13H2,1-3H3/b10-9+/t18-/m0/s1. The Hall–Kier alpha value is -2.23. The van der Waals surface area contributed by atoms with Gasteiger partial charge in [-0.25, -0.2) is 0 Å². The molecule has 0 aliphatic rings. The summed E-state index contributed by atoms with van der Waals surface area (Å²) in [6.45, 7) is 3.76. The maximum Gasteiger partial charge on any atom is 0.309 e. The number of carbonyl (C=O) groups excluding carboxylic acids is 3. The van der Waals surface area contributed by atoms with Crippen LogP contribution < -0.4 is 0 Å². The number of ether oxygens (including phenoxy) is 1. The summed E-state index contributed by atoms with van der Waals surface area (Å²) in [6.07, 6.45) is 3.66. The van der Waals surface area contributed by atoms with Crippen molar-refractivity contribution in [3.8, 4) is 0 Å². The number of benzene rings is 1. The van der Waals surface area contributed by atoms with E-state index in [0.29, 0.717) is 0 Å². The number of carbonyl (C=O) groups is 3. The molecule has 0 aromatic heterocycles. The van der Waals surface area contributed by atoms with Crippen LogP contribution in [0.25, 0.3) is 6.08 Å². The molecule has 1 aromatic rings. The fraction of sp³-hybridized carbons (Fsp3) is 0.421. The van der Waals surface area contributed by atoms with Gasteiger partial charge in [0, 0.05) is 19.3 Å². The largest absolute Gasteiger partial charge is 0.469 e. The van der Waals surface area contributed by atoms with Crippen LogP contribution >= 0.6 is 0 Å². The molecule has 1 rings (SSSR count). The molecule has 0 N–H and O–H groups in total. The molecule has 0 spiro atoms. The van der Waals surface area contributed by atoms with E-state index in [0.717, 1.165) is 5.56 Å². The lowest BCUT2D eigenvalue weighted by Crippen LogP contribution is -2.24. The smallest absolute Gasteiger partial charge is 0.309 e. The van der Waals surface area contributed by atoms with Crippen LogP contribution in [0.1, 0.15) is 38.7 Å². The normalized spacial score (nSPS) is 12.3. The van der Waals surface area contributed by atoms with E-state index in [1.54, 1.807) is 6.08 Å². The van der Waals surface area contributed by atoms with Crippen LogP contribution in [0.15, 0.2) is 36.4 Å². The molecule has 0 saturated carbocycles. The Balaban J connectivity index is 2.44. The van der Waals surface area contributed by atoms with E-state index >= 15 is 0 Å². The van der Waals surface area contributed by atoms with Crippen molar-refractivity contribution in [2.24, 2.45) is 11.8 Å². The highest BCUT2D eigenvalue weighted by atomic mass is 16.5. The fourth-order valence-corrected chi connectivity index (χ4v) is 2.19. The van der Waals surface area contributed by atoms with Gasteiger partial charge in [-0.2, -0.15) is 0 Å². The van der Waals surface area contributed by atoms with Gasteiger partial charge in [0.2, 0.25) is 0 Å². The molecular formula is C19H24O4. The average Bonchev–Trinajstić information content (AvgIpc) is 2.55. The van der Waals surface area contributed by atoms with Gasteiger partial charge in [0.1, 0.15) is 5.78 Å². The molecule has 0 aliphatic carbocycles. The number of allylic oxidation sites excluding steroid dienone is 1. The van der Waals surface area contributed by atoms with Gasteiger partial charge in [-0.05, 0) is 17.6 Å². The molecule has 4 heteroatoms. The van der Waals surface area contributed by atoms with Gasteiger partial charge in [-0.1, -0.05) is 50.3 Å². The molecule has 0 unspecified atom stereocenters. The molecule has 0 fully saturated rings. The molecule has 0 radical (unpaired) electrons. The van der Waals surface area contributed by atoms with Crippen molar-refractivity contribution in [2.75, 3.05) is 7.11 Å². The van der Waals surface area contributed by atoms with E-state index in [-0.39, 0.29) is 42.7 Å². The number of hydrogen-bond donors (Lipinski definition) is 0. The Labute approximate surface area is 137 Å². The summed E-state index contributed by atoms with van der Waals surface area (Å²) < 4.78 is 4.72. The zero-order valence-corrected chi connectivity index (χ0v) is 14.0. The summed E-state index contributed by atoms with van der Waals surface area (Å²) >= 11 is 0. The Morgan fingerprint density at radius 1 is 1.09 bits per heavy atom. The minimum atomic E-state index is -0.442. The van der Waals surface area contributed by atoms with Crippen molar-refractivity contribution in [3.63, 3.8) is 0 Å². The van der Waals surface area contributed by atoms with Crippen LogP contribution in [0.2, 0.25) is 0 Å². The highest BCUT2D eigenvalue weighted by Crippen LogP contribution is 2.18. The molecule has 1 atom stereocenters. The first-order valence-electron chi connectivity index (χ1n) is 7.79. The Kier molecular flexibility index (Phi) is 7.95. The first-order chi connectivity index (χ1) is 10.9. The molecular weight excluding hydrogens is 292 g/mol. The summed E-state index contributed by atoms with van der Waals surface area (Å²) in [5, 5.41) is 0. The molecule has 0 amide bonds. The SMILES string of the molecule is COC(=O)[C@@H](CC(=O)CCC(=O)/C=C/c1ccccc1)C(C)C. The van der Waals surface area contributed by atoms with Gasteiger partial charge in [0.15, 0.2) is 5.78 Å². The molecule has 4 nitrogen and oxygen atoms in total. The van der Waals surface area contributed by atoms with E-state index < -0.39 is 5.92 Å². The van der Waals surface area contributed by atoms with Crippen molar-refractivity contribution in [3.05, 3.63) is 42.0 Å². The molecule has 0 heterocycles. The van der Waals surface area contributed by atoms with Crippen LogP contribution in [-0.4, -0.2) is 24.6 Å². The quantitative estimate of drug-likeness (QED) is 0.517. The minimum Gasteiger partial charge on any atom is -0.469 e. The Bertz CT molecular complexity index is 558. The fourth-order valence-electron chi connectivity index (χ4n) is 2.19. The van der Waals surface area contributed by atoms with Gasteiger partial charge in [-0.15, -0.1) is 0 Å². The maximum atomic E-state index is 12.0. The van der Waals surface area contributed by atoms with Gasteiger partial charge >= 0.3 is 5.97 Å². The van der Waals surface area contributed by atoms with Gasteiger partial charge < -0.3 is 4.74 Å². The number of rotatable bonds is 9. The summed E-state index contributed by atoms with van der Waals surface area (Å²) in [4.78, 5) is 35.4. The van der Waals surface area contributed by atoms with Gasteiger partial charge in [-0.3, -0.25) is 14.4 Å². The first kappa shape index (κ1) is 18.8. The van der Waals surface area contributed by atoms with Gasteiger partial charge in [0.05, 0.1) is 13.0 Å². The van der Waals surface area contributed by atoms with Crippen molar-refractivity contribution >= 4 is 23.6 Å². The second kappa shape index (κ2) is 9.72. The molecule has 1 aromatic carbocycles. The number of ketones is 2. The Morgan fingerprint density at radius 3 is 2.30 bits per heavy atom. The van der Waals surface area contributed by atoms with Crippen molar-refractivity contribution in [2.45, 2.75) is 33.1 Å². The Morgan fingerprint density at radius 2 is 1.74 bits per heavy atom. The van der Waals surface area contributed by atoms with E-state index in [2.05, 4.69) is 0 Å². The lowest BCUT2D eigenvalue weighted by molar-refractivity contribution is -0.148. The number of esters is 1. The van der Waals surface area contributed by atoms with Crippen molar-refractivity contribution < 1.29 is 19.1 Å². The minimum absolute atomic E-state index is 0.0278. The molecule has 124 valence electrons. The summed E-state index contributed by atoms with van der Waals surface area (Å²) in [6, 6.07) is 9.50. The third kappa shape index (κ3) is 7.04. The second-order valence-corrected chi connectivity index (χ2v) is 5.83. The monoisotopic (exact) mass is 316 g/mol. The summed E-state index contributed by atoms with van der Waals surface area (Å²) in [5.74, 6) is -0.969. The highest BCUT2D eigenvalue weighted by molar-refractivity contribution is 5.96. The average molecular weight is 316 g/mol. The molecule has 0 aliphatic heterocycles. The number of hydrogen-bond acceptors (Lipinski definition) is 4. The summed E-state index contributed by atoms with van der Waals surface area (Å²) in [7, 11) is 1.32. The lowest BCUT2D eigenvalue weighted by atomic mass is 9.89. The van der Waals surface area contributed by atoms with Crippen LogP contribution in [0.4, 0.5) is 0 Å². The van der Waals surface area contributed by atoms with E-state index in [9.17, 15) is 14.4 Å². The van der Waals surface area contributed by atoms with Crippen LogP contribution in [0, 0.1) is 11.8 Å². The molecule has 0 saturated heterocycles. The first-order valence-corrected chi connectivity index (χ1v) is 7.79. The highest BCUT2D eigenvalue weighted by Gasteiger charge is 2.25. The third-order valence-electron chi connectivity index (χ3n) is 3.67. The number of methoxy groups -OCH3 is 1. The molecule has 0 bridgehead atoms. The van der Waals surface area contributed by atoms with Gasteiger partial charge in [0.25, 0.3) is 0 Å². The van der Waals surface area contributed by atoms with Crippen LogP contribution in [-0.2, 0) is 19.1 Å². The van der Waals surface area contributed by atoms with Crippen molar-refractivity contribution in [1.29, 1.82) is 0 Å². The topological polar surface area (TPSA) is 60.4 Å². The predicted octanol–water partition coefficient (Wildman–Crippen LogP) is 3.45. The van der Waals surface area contributed by atoms with Crippen molar-refractivity contribution in [1.82, 2.24) is 0 Å². The molecule has 23 heavy (non-hydrogen) atoms. The lowest BCUT2D eigenvalue weighted by Gasteiger charge is -2.17. The predicted molar refractivity (Wildman–Crippen MR) is 89.7 cm³/mol. The van der Waals surface area contributed by atoms with E-state index in [4.69, 9.17) is 4.74 Å². The summed E-state index contributed by atoms with van der Waals surface area (Å²) in [5.41, 5.74) is 0.942. The second-order valence-electron chi connectivity index (χ2n) is 5.83. The van der Waals surface area contributed by atoms with Crippen LogP contribution in [0.3, 0.4) is 0 Å². The number of Topliss-reactive ketones (excluding diaryl/α,β-unsaturated/α-hetero) is 1. The zero-order valence-electron chi connectivity index (χ0n) is 14.0.